The van der Waals surface area contributed by atoms with Crippen LogP contribution in [0.3, 0.4) is 0 Å². The van der Waals surface area contributed by atoms with E-state index in [1.165, 1.54) is 11.3 Å². The Morgan fingerprint density at radius 2 is 2.00 bits per heavy atom. The zero-order valence-corrected chi connectivity index (χ0v) is 11.6. The minimum Gasteiger partial charge on any atom is -0.353 e. The Morgan fingerprint density at radius 1 is 1.28 bits per heavy atom. The van der Waals surface area contributed by atoms with Crippen molar-refractivity contribution in [1.29, 1.82) is 0 Å². The molecule has 0 fully saturated rings. The van der Waals surface area contributed by atoms with E-state index in [1.807, 2.05) is 6.92 Å². The van der Waals surface area contributed by atoms with Gasteiger partial charge in [0.05, 0.1) is 11.4 Å². The fraction of sp³-hybridized carbons (Fsp3) is 0.400. The molecule has 0 aliphatic carbocycles. The molecule has 0 radical (unpaired) electrons. The predicted molar refractivity (Wildman–Crippen MR) is 76.4 cm³/mol. The summed E-state index contributed by atoms with van der Waals surface area (Å²) in [4.78, 5) is 4.55. The van der Waals surface area contributed by atoms with Crippen LogP contribution >= 0.6 is 0 Å². The molecule has 0 aliphatic rings. The molecule has 1 N–H and O–H groups in total. The summed E-state index contributed by atoms with van der Waals surface area (Å²) in [5.41, 5.74) is 3.58. The summed E-state index contributed by atoms with van der Waals surface area (Å²) in [5, 5.41) is 3.40. The first kappa shape index (κ1) is 12.7. The fourth-order valence-corrected chi connectivity index (χ4v) is 2.09. The Balaban J connectivity index is 2.49. The Labute approximate surface area is 109 Å². The molecule has 0 bridgehead atoms. The van der Waals surface area contributed by atoms with Gasteiger partial charge in [0.1, 0.15) is 0 Å². The molecule has 1 aromatic carbocycles. The van der Waals surface area contributed by atoms with E-state index in [9.17, 15) is 0 Å². The van der Waals surface area contributed by atoms with E-state index in [2.05, 4.69) is 66.1 Å². The highest BCUT2D eigenvalue weighted by Gasteiger charge is 2.10. The number of para-hydroxylation sites is 1. The molecule has 0 atom stereocenters. The van der Waals surface area contributed by atoms with E-state index in [0.717, 1.165) is 18.1 Å². The first-order chi connectivity index (χ1) is 8.61. The van der Waals surface area contributed by atoms with Crippen LogP contribution in [0.5, 0.6) is 0 Å². The Kier molecular flexibility index (Phi) is 3.70. The Bertz CT molecular complexity index is 526. The quantitative estimate of drug-likeness (QED) is 0.889. The van der Waals surface area contributed by atoms with Crippen molar-refractivity contribution < 1.29 is 0 Å². The van der Waals surface area contributed by atoms with E-state index in [4.69, 9.17) is 0 Å². The number of benzene rings is 1. The molecule has 1 aromatic heterocycles. The molecule has 0 amide bonds. The highest BCUT2D eigenvalue weighted by Crippen LogP contribution is 2.21. The summed E-state index contributed by atoms with van der Waals surface area (Å²) >= 11 is 0. The third-order valence-corrected chi connectivity index (χ3v) is 2.88. The summed E-state index contributed by atoms with van der Waals surface area (Å²) in [6.45, 7) is 8.45. The number of anilines is 1. The van der Waals surface area contributed by atoms with Crippen LogP contribution in [-0.4, -0.2) is 15.6 Å². The lowest BCUT2D eigenvalue weighted by Crippen LogP contribution is -2.14. The van der Waals surface area contributed by atoms with Crippen LogP contribution in [0.4, 0.5) is 5.95 Å². The molecule has 2 aromatic rings. The van der Waals surface area contributed by atoms with Gasteiger partial charge >= 0.3 is 0 Å². The number of hydrogen-bond donors (Lipinski definition) is 1. The van der Waals surface area contributed by atoms with Gasteiger partial charge in [-0.05, 0) is 38.8 Å². The van der Waals surface area contributed by atoms with Gasteiger partial charge in [0, 0.05) is 12.2 Å². The average Bonchev–Trinajstić information content (AvgIpc) is 2.69. The van der Waals surface area contributed by atoms with Crippen LogP contribution in [0.15, 0.2) is 30.5 Å². The van der Waals surface area contributed by atoms with Crippen LogP contribution in [0.2, 0.25) is 0 Å². The Hall–Kier alpha value is -1.77. The van der Waals surface area contributed by atoms with Crippen molar-refractivity contribution in [1.82, 2.24) is 9.55 Å². The van der Waals surface area contributed by atoms with Crippen molar-refractivity contribution >= 4 is 5.95 Å². The second-order valence-electron chi connectivity index (χ2n) is 4.86. The standard InChI is InChI=1S/C15H21N3/c1-5-13-8-6-7-9-14(13)18-10-12(4)17-15(18)16-11(2)3/h6-11H,5H2,1-4H3,(H,16,17). The second-order valence-corrected chi connectivity index (χ2v) is 4.86. The van der Waals surface area contributed by atoms with Crippen LogP contribution < -0.4 is 5.32 Å². The highest BCUT2D eigenvalue weighted by atomic mass is 15.2. The van der Waals surface area contributed by atoms with Crippen molar-refractivity contribution in [2.75, 3.05) is 5.32 Å². The van der Waals surface area contributed by atoms with Gasteiger partial charge < -0.3 is 5.32 Å². The average molecular weight is 243 g/mol. The van der Waals surface area contributed by atoms with Gasteiger partial charge in [-0.1, -0.05) is 25.1 Å². The maximum atomic E-state index is 4.55. The van der Waals surface area contributed by atoms with Gasteiger partial charge in [-0.2, -0.15) is 0 Å². The van der Waals surface area contributed by atoms with Gasteiger partial charge in [0.25, 0.3) is 0 Å². The number of imidazole rings is 1. The number of aromatic nitrogens is 2. The van der Waals surface area contributed by atoms with E-state index in [-0.39, 0.29) is 0 Å². The molecule has 0 spiro atoms. The number of nitrogens with one attached hydrogen (secondary N) is 1. The normalized spacial score (nSPS) is 10.9. The maximum Gasteiger partial charge on any atom is 0.207 e. The van der Waals surface area contributed by atoms with Crippen LogP contribution in [0, 0.1) is 6.92 Å². The zero-order chi connectivity index (χ0) is 13.1. The van der Waals surface area contributed by atoms with Crippen LogP contribution in [0.25, 0.3) is 5.69 Å². The minimum absolute atomic E-state index is 0.374. The summed E-state index contributed by atoms with van der Waals surface area (Å²) in [6.07, 6.45) is 3.10. The van der Waals surface area contributed by atoms with Crippen molar-refractivity contribution in [3.8, 4) is 5.69 Å². The van der Waals surface area contributed by atoms with Crippen molar-refractivity contribution in [3.05, 3.63) is 41.7 Å². The Morgan fingerprint density at radius 3 is 2.67 bits per heavy atom. The van der Waals surface area contributed by atoms with E-state index < -0.39 is 0 Å². The SMILES string of the molecule is CCc1ccccc1-n1cc(C)nc1NC(C)C. The number of rotatable bonds is 4. The molecule has 96 valence electrons. The van der Waals surface area contributed by atoms with Gasteiger partial charge in [-0.3, -0.25) is 4.57 Å². The minimum atomic E-state index is 0.374. The van der Waals surface area contributed by atoms with Crippen LogP contribution in [0.1, 0.15) is 32.0 Å². The second kappa shape index (κ2) is 5.25. The van der Waals surface area contributed by atoms with Crippen LogP contribution in [-0.2, 0) is 6.42 Å². The molecule has 18 heavy (non-hydrogen) atoms. The molecule has 1 heterocycles. The van der Waals surface area contributed by atoms with E-state index >= 15 is 0 Å². The topological polar surface area (TPSA) is 29.9 Å². The van der Waals surface area contributed by atoms with Gasteiger partial charge in [0.15, 0.2) is 0 Å². The molecule has 3 nitrogen and oxygen atoms in total. The molecule has 0 unspecified atom stereocenters. The van der Waals surface area contributed by atoms with Gasteiger partial charge in [-0.25, -0.2) is 4.98 Å². The van der Waals surface area contributed by atoms with Crippen molar-refractivity contribution in [2.45, 2.75) is 40.2 Å². The first-order valence-electron chi connectivity index (χ1n) is 6.52. The smallest absolute Gasteiger partial charge is 0.207 e. The lowest BCUT2D eigenvalue weighted by molar-refractivity contribution is 0.861. The first-order valence-corrected chi connectivity index (χ1v) is 6.52. The molecular weight excluding hydrogens is 222 g/mol. The largest absolute Gasteiger partial charge is 0.353 e. The third kappa shape index (κ3) is 2.55. The lowest BCUT2D eigenvalue weighted by Gasteiger charge is -2.14. The van der Waals surface area contributed by atoms with Gasteiger partial charge in [-0.15, -0.1) is 0 Å². The van der Waals surface area contributed by atoms with Crippen molar-refractivity contribution in [2.24, 2.45) is 0 Å². The molecule has 3 heteroatoms. The summed E-state index contributed by atoms with van der Waals surface area (Å²) in [5.74, 6) is 0.920. The molecule has 0 aliphatic heterocycles. The monoisotopic (exact) mass is 243 g/mol. The molecule has 0 saturated carbocycles. The van der Waals surface area contributed by atoms with E-state index in [1.54, 1.807) is 0 Å². The molecule has 0 saturated heterocycles. The van der Waals surface area contributed by atoms with E-state index in [0.29, 0.717) is 6.04 Å². The summed E-state index contributed by atoms with van der Waals surface area (Å²) in [7, 11) is 0. The number of hydrogen-bond acceptors (Lipinski definition) is 2. The van der Waals surface area contributed by atoms with Crippen molar-refractivity contribution in [3.63, 3.8) is 0 Å². The predicted octanol–water partition coefficient (Wildman–Crippen LogP) is 3.56. The van der Waals surface area contributed by atoms with Gasteiger partial charge in [0.2, 0.25) is 5.95 Å². The number of nitrogens with zero attached hydrogens (tertiary/aromatic N) is 2. The fourth-order valence-electron chi connectivity index (χ4n) is 2.09. The highest BCUT2D eigenvalue weighted by molar-refractivity contribution is 5.48. The maximum absolute atomic E-state index is 4.55. The number of aryl methyl sites for hydroxylation is 2. The molecular formula is C15H21N3. The zero-order valence-electron chi connectivity index (χ0n) is 11.6. The molecule has 2 rings (SSSR count). The lowest BCUT2D eigenvalue weighted by atomic mass is 10.1. The third-order valence-electron chi connectivity index (χ3n) is 2.88. The summed E-state index contributed by atoms with van der Waals surface area (Å²) < 4.78 is 2.15. The summed E-state index contributed by atoms with van der Waals surface area (Å²) in [6, 6.07) is 8.85.